The summed E-state index contributed by atoms with van der Waals surface area (Å²) >= 11 is 0. The normalized spacial score (nSPS) is 14.6. The van der Waals surface area contributed by atoms with Gasteiger partial charge in [0.25, 0.3) is 0 Å². The molecule has 0 amide bonds. The number of aryl methyl sites for hydroxylation is 1. The second-order valence-electron chi connectivity index (χ2n) is 5.69. The fraction of sp³-hybridized carbons (Fsp3) is 0.529. The lowest BCUT2D eigenvalue weighted by Gasteiger charge is -2.08. The van der Waals surface area contributed by atoms with Crippen LogP contribution >= 0.6 is 0 Å². The Balaban J connectivity index is 1.80. The first-order chi connectivity index (χ1) is 10.3. The van der Waals surface area contributed by atoms with E-state index in [1.807, 2.05) is 6.92 Å². The Hall–Kier alpha value is -1.68. The quantitative estimate of drug-likeness (QED) is 0.734. The monoisotopic (exact) mass is 285 g/mol. The second-order valence-corrected chi connectivity index (χ2v) is 5.69. The summed E-state index contributed by atoms with van der Waals surface area (Å²) in [6.07, 6.45) is 3.30. The van der Waals surface area contributed by atoms with Crippen LogP contribution in [0.4, 0.5) is 0 Å². The molecule has 1 aliphatic carbocycles. The lowest BCUT2D eigenvalue weighted by molar-refractivity contribution is 0.148. The van der Waals surface area contributed by atoms with Crippen molar-refractivity contribution >= 4 is 0 Å². The average Bonchev–Trinajstić information content (AvgIpc) is 3.25. The molecule has 0 N–H and O–H groups in total. The van der Waals surface area contributed by atoms with Crippen molar-refractivity contribution in [2.75, 3.05) is 13.2 Å². The Kier molecular flexibility index (Phi) is 4.34. The van der Waals surface area contributed by atoms with Gasteiger partial charge in [-0.3, -0.25) is 0 Å². The molecule has 0 radical (unpaired) electrons. The Labute approximate surface area is 126 Å². The van der Waals surface area contributed by atoms with Gasteiger partial charge >= 0.3 is 0 Å². The molecule has 1 aliphatic rings. The van der Waals surface area contributed by atoms with Gasteiger partial charge < -0.3 is 4.74 Å². The van der Waals surface area contributed by atoms with Crippen LogP contribution in [0.15, 0.2) is 24.3 Å². The van der Waals surface area contributed by atoms with Crippen molar-refractivity contribution in [1.82, 2.24) is 14.8 Å². The third kappa shape index (κ3) is 3.50. The summed E-state index contributed by atoms with van der Waals surface area (Å²) in [5.41, 5.74) is 2.61. The third-order valence-electron chi connectivity index (χ3n) is 3.96. The lowest BCUT2D eigenvalue weighted by Crippen LogP contribution is -2.10. The Morgan fingerprint density at radius 2 is 2.10 bits per heavy atom. The number of nitrogens with zero attached hydrogens (tertiary/aromatic N) is 3. The van der Waals surface area contributed by atoms with Crippen LogP contribution in [0.2, 0.25) is 0 Å². The number of hydrogen-bond acceptors (Lipinski definition) is 3. The second kappa shape index (κ2) is 6.39. The molecule has 112 valence electrons. The van der Waals surface area contributed by atoms with E-state index in [9.17, 15) is 0 Å². The molecular formula is C17H23N3O. The molecule has 2 aromatic rings. The molecule has 3 rings (SSSR count). The summed E-state index contributed by atoms with van der Waals surface area (Å²) in [6, 6.07) is 8.47. The maximum absolute atomic E-state index is 5.47. The smallest absolute Gasteiger partial charge is 0.154 e. The minimum absolute atomic E-state index is 0.592. The maximum atomic E-state index is 5.47. The van der Waals surface area contributed by atoms with Crippen LogP contribution in [0.5, 0.6) is 0 Å². The van der Waals surface area contributed by atoms with Crippen molar-refractivity contribution in [2.24, 2.45) is 0 Å². The van der Waals surface area contributed by atoms with Crippen LogP contribution in [-0.2, 0) is 17.7 Å². The molecule has 1 fully saturated rings. The van der Waals surface area contributed by atoms with Crippen LogP contribution in [0.25, 0.3) is 0 Å². The summed E-state index contributed by atoms with van der Waals surface area (Å²) in [4.78, 5) is 4.74. The Morgan fingerprint density at radius 1 is 1.29 bits per heavy atom. The zero-order valence-electron chi connectivity index (χ0n) is 12.9. The maximum Gasteiger partial charge on any atom is 0.154 e. The van der Waals surface area contributed by atoms with Gasteiger partial charge in [0.05, 0.1) is 13.2 Å². The topological polar surface area (TPSA) is 39.9 Å². The summed E-state index contributed by atoms with van der Waals surface area (Å²) in [7, 11) is 0. The number of rotatable bonds is 7. The molecule has 1 aromatic heterocycles. The predicted octanol–water partition coefficient (Wildman–Crippen LogP) is 3.09. The standard InChI is InChI=1S/C17H23N3O/c1-3-21-11-10-16-18-17(14-8-9-14)19-20(16)12-15-7-5-4-6-13(15)2/h4-7,14H,3,8-12H2,1-2H3. The molecule has 0 bridgehead atoms. The number of ether oxygens (including phenoxy) is 1. The molecule has 1 saturated carbocycles. The van der Waals surface area contributed by atoms with Crippen LogP contribution in [-0.4, -0.2) is 28.0 Å². The van der Waals surface area contributed by atoms with Gasteiger partial charge in [-0.2, -0.15) is 5.10 Å². The molecule has 4 heteroatoms. The minimum atomic E-state index is 0.592. The highest BCUT2D eigenvalue weighted by molar-refractivity contribution is 5.26. The van der Waals surface area contributed by atoms with Gasteiger partial charge in [-0.05, 0) is 37.8 Å². The highest BCUT2D eigenvalue weighted by Gasteiger charge is 2.28. The van der Waals surface area contributed by atoms with E-state index in [0.717, 1.165) is 31.2 Å². The summed E-state index contributed by atoms with van der Waals surface area (Å²) < 4.78 is 7.54. The first-order valence-corrected chi connectivity index (χ1v) is 7.83. The minimum Gasteiger partial charge on any atom is -0.381 e. The van der Waals surface area contributed by atoms with Crippen molar-refractivity contribution in [3.05, 3.63) is 47.0 Å². The van der Waals surface area contributed by atoms with Gasteiger partial charge in [-0.15, -0.1) is 0 Å². The number of hydrogen-bond donors (Lipinski definition) is 0. The molecule has 1 aromatic carbocycles. The molecule has 0 spiro atoms. The molecule has 0 saturated heterocycles. The van der Waals surface area contributed by atoms with Crippen LogP contribution in [0.3, 0.4) is 0 Å². The van der Waals surface area contributed by atoms with Gasteiger partial charge in [0.15, 0.2) is 5.82 Å². The van der Waals surface area contributed by atoms with Crippen molar-refractivity contribution < 1.29 is 4.74 Å². The zero-order chi connectivity index (χ0) is 14.7. The van der Waals surface area contributed by atoms with Crippen molar-refractivity contribution in [2.45, 2.75) is 45.6 Å². The van der Waals surface area contributed by atoms with E-state index in [1.165, 1.54) is 24.0 Å². The Morgan fingerprint density at radius 3 is 2.81 bits per heavy atom. The summed E-state index contributed by atoms with van der Waals surface area (Å²) in [6.45, 7) is 6.43. The van der Waals surface area contributed by atoms with Crippen molar-refractivity contribution in [1.29, 1.82) is 0 Å². The van der Waals surface area contributed by atoms with Crippen LogP contribution in [0, 0.1) is 6.92 Å². The van der Waals surface area contributed by atoms with E-state index >= 15 is 0 Å². The van der Waals surface area contributed by atoms with Gasteiger partial charge in [-0.1, -0.05) is 24.3 Å². The van der Waals surface area contributed by atoms with Crippen molar-refractivity contribution in [3.63, 3.8) is 0 Å². The Bertz CT molecular complexity index is 602. The van der Waals surface area contributed by atoms with Crippen molar-refractivity contribution in [3.8, 4) is 0 Å². The third-order valence-corrected chi connectivity index (χ3v) is 3.96. The molecule has 0 atom stereocenters. The lowest BCUT2D eigenvalue weighted by atomic mass is 10.1. The number of aromatic nitrogens is 3. The van der Waals surface area contributed by atoms with E-state index in [0.29, 0.717) is 12.5 Å². The fourth-order valence-corrected chi connectivity index (χ4v) is 2.48. The molecule has 0 aliphatic heterocycles. The molecule has 1 heterocycles. The van der Waals surface area contributed by atoms with E-state index in [1.54, 1.807) is 0 Å². The first-order valence-electron chi connectivity index (χ1n) is 7.83. The number of benzene rings is 1. The van der Waals surface area contributed by atoms with E-state index < -0.39 is 0 Å². The van der Waals surface area contributed by atoms with Crippen LogP contribution in [0.1, 0.15) is 48.5 Å². The van der Waals surface area contributed by atoms with Crippen LogP contribution < -0.4 is 0 Å². The van der Waals surface area contributed by atoms with Gasteiger partial charge in [0, 0.05) is 18.9 Å². The molecule has 4 nitrogen and oxygen atoms in total. The van der Waals surface area contributed by atoms with Gasteiger partial charge in [-0.25, -0.2) is 9.67 Å². The van der Waals surface area contributed by atoms with Gasteiger partial charge in [0.2, 0.25) is 0 Å². The summed E-state index contributed by atoms with van der Waals surface area (Å²) in [5.74, 6) is 2.66. The predicted molar refractivity (Wildman–Crippen MR) is 82.5 cm³/mol. The largest absolute Gasteiger partial charge is 0.381 e. The summed E-state index contributed by atoms with van der Waals surface area (Å²) in [5, 5.41) is 4.74. The van der Waals surface area contributed by atoms with E-state index in [4.69, 9.17) is 14.8 Å². The molecule has 21 heavy (non-hydrogen) atoms. The molecule has 0 unspecified atom stereocenters. The zero-order valence-corrected chi connectivity index (χ0v) is 12.9. The highest BCUT2D eigenvalue weighted by Crippen LogP contribution is 2.38. The van der Waals surface area contributed by atoms with E-state index in [-0.39, 0.29) is 0 Å². The SMILES string of the molecule is CCOCCc1nc(C2CC2)nn1Cc1ccccc1C. The highest BCUT2D eigenvalue weighted by atomic mass is 16.5. The average molecular weight is 285 g/mol. The van der Waals surface area contributed by atoms with E-state index in [2.05, 4.69) is 35.9 Å². The van der Waals surface area contributed by atoms with Gasteiger partial charge in [0.1, 0.15) is 5.82 Å². The molecular weight excluding hydrogens is 262 g/mol. The fourth-order valence-electron chi connectivity index (χ4n) is 2.48. The first kappa shape index (κ1) is 14.3.